The summed E-state index contributed by atoms with van der Waals surface area (Å²) < 4.78 is 0. The highest BCUT2D eigenvalue weighted by Gasteiger charge is 2.33. The molecule has 0 aromatic heterocycles. The van der Waals surface area contributed by atoms with Gasteiger partial charge in [0.05, 0.1) is 0 Å². The first-order valence-corrected chi connectivity index (χ1v) is 6.32. The first-order valence-electron chi connectivity index (χ1n) is 6.32. The third-order valence-corrected chi connectivity index (χ3v) is 4.09. The summed E-state index contributed by atoms with van der Waals surface area (Å²) in [6, 6.07) is 3.65. The highest BCUT2D eigenvalue weighted by molar-refractivity contribution is 5.49. The normalized spacial score (nSPS) is 19.2. The Morgan fingerprint density at radius 3 is 2.35 bits per heavy atom. The first kappa shape index (κ1) is 12.2. The van der Waals surface area contributed by atoms with E-state index in [1.807, 2.05) is 13.0 Å². The van der Waals surface area contributed by atoms with Gasteiger partial charge in [-0.3, -0.25) is 0 Å². The summed E-state index contributed by atoms with van der Waals surface area (Å²) in [5, 5.41) is 19.3. The number of hydrogen-bond donors (Lipinski definition) is 3. The van der Waals surface area contributed by atoms with E-state index in [9.17, 15) is 10.2 Å². The van der Waals surface area contributed by atoms with Crippen LogP contribution in [0.15, 0.2) is 12.1 Å². The smallest absolute Gasteiger partial charge is 0.160 e. The fraction of sp³-hybridized carbons (Fsp3) is 0.571. The van der Waals surface area contributed by atoms with Gasteiger partial charge in [-0.25, -0.2) is 0 Å². The maximum atomic E-state index is 9.73. The summed E-state index contributed by atoms with van der Waals surface area (Å²) in [6.07, 6.45) is 5.81. The van der Waals surface area contributed by atoms with Gasteiger partial charge >= 0.3 is 0 Å². The van der Waals surface area contributed by atoms with Crippen molar-refractivity contribution in [2.45, 2.75) is 44.4 Å². The van der Waals surface area contributed by atoms with E-state index >= 15 is 0 Å². The van der Waals surface area contributed by atoms with E-state index in [1.165, 1.54) is 19.3 Å². The van der Waals surface area contributed by atoms with E-state index in [4.69, 9.17) is 5.73 Å². The van der Waals surface area contributed by atoms with Gasteiger partial charge in [0.15, 0.2) is 11.5 Å². The van der Waals surface area contributed by atoms with Crippen molar-refractivity contribution in [3.05, 3.63) is 23.3 Å². The van der Waals surface area contributed by atoms with Gasteiger partial charge in [-0.05, 0) is 37.0 Å². The zero-order valence-corrected chi connectivity index (χ0v) is 10.4. The van der Waals surface area contributed by atoms with Crippen molar-refractivity contribution in [3.8, 4) is 11.5 Å². The Kier molecular flexibility index (Phi) is 3.29. The van der Waals surface area contributed by atoms with Crippen LogP contribution in [-0.2, 0) is 5.41 Å². The summed E-state index contributed by atoms with van der Waals surface area (Å²) in [7, 11) is 0. The highest BCUT2D eigenvalue weighted by Crippen LogP contribution is 2.42. The first-order chi connectivity index (χ1) is 8.09. The average Bonchev–Trinajstić information content (AvgIpc) is 2.36. The number of phenolic OH excluding ortho intramolecular Hbond substituents is 2. The lowest BCUT2D eigenvalue weighted by Gasteiger charge is -2.37. The number of phenols is 2. The maximum absolute atomic E-state index is 9.73. The molecule has 94 valence electrons. The Balaban J connectivity index is 2.43. The number of aromatic hydroxyl groups is 2. The van der Waals surface area contributed by atoms with Crippen LogP contribution in [0.2, 0.25) is 0 Å². The monoisotopic (exact) mass is 235 g/mol. The van der Waals surface area contributed by atoms with Crippen LogP contribution in [-0.4, -0.2) is 16.8 Å². The molecule has 0 bridgehead atoms. The molecule has 1 fully saturated rings. The van der Waals surface area contributed by atoms with E-state index in [1.54, 1.807) is 6.07 Å². The number of rotatable bonds is 2. The lowest BCUT2D eigenvalue weighted by Crippen LogP contribution is -2.37. The van der Waals surface area contributed by atoms with Crippen LogP contribution in [0.4, 0.5) is 0 Å². The number of benzene rings is 1. The Hall–Kier alpha value is -1.22. The third-order valence-electron chi connectivity index (χ3n) is 4.09. The highest BCUT2D eigenvalue weighted by atomic mass is 16.3. The zero-order chi connectivity index (χ0) is 12.5. The molecule has 0 radical (unpaired) electrons. The van der Waals surface area contributed by atoms with Crippen LogP contribution < -0.4 is 5.73 Å². The van der Waals surface area contributed by atoms with Crippen LogP contribution in [0, 0.1) is 6.92 Å². The van der Waals surface area contributed by atoms with Crippen LogP contribution >= 0.6 is 0 Å². The molecule has 1 aliphatic carbocycles. The van der Waals surface area contributed by atoms with Crippen LogP contribution in [0.5, 0.6) is 11.5 Å². The van der Waals surface area contributed by atoms with Gasteiger partial charge in [-0.1, -0.05) is 25.3 Å². The minimum absolute atomic E-state index is 0.00576. The predicted molar refractivity (Wildman–Crippen MR) is 68.3 cm³/mol. The molecule has 1 saturated carbocycles. The lowest BCUT2D eigenvalue weighted by atomic mass is 9.69. The van der Waals surface area contributed by atoms with Gasteiger partial charge in [-0.15, -0.1) is 0 Å². The Bertz CT molecular complexity index is 386. The van der Waals surface area contributed by atoms with Crippen LogP contribution in [0.3, 0.4) is 0 Å². The summed E-state index contributed by atoms with van der Waals surface area (Å²) >= 11 is 0. The van der Waals surface area contributed by atoms with E-state index < -0.39 is 0 Å². The molecule has 1 aromatic rings. The molecule has 4 N–H and O–H groups in total. The topological polar surface area (TPSA) is 66.5 Å². The van der Waals surface area contributed by atoms with Gasteiger partial charge in [0, 0.05) is 12.0 Å². The molecule has 3 nitrogen and oxygen atoms in total. The number of aryl methyl sites for hydroxylation is 1. The van der Waals surface area contributed by atoms with Crippen LogP contribution in [0.25, 0.3) is 0 Å². The standard InChI is InChI=1S/C14H21NO2/c1-10-7-11(8-12(16)13(10)17)14(9-15)5-3-2-4-6-14/h7-8,16-17H,2-6,9,15H2,1H3. The van der Waals surface area contributed by atoms with Gasteiger partial charge in [-0.2, -0.15) is 0 Å². The molecule has 1 aromatic carbocycles. The molecule has 0 amide bonds. The molecule has 2 rings (SSSR count). The summed E-state index contributed by atoms with van der Waals surface area (Å²) in [5.41, 5.74) is 7.76. The van der Waals surface area contributed by atoms with Gasteiger partial charge in [0.1, 0.15) is 0 Å². The molecule has 0 spiro atoms. The second-order valence-electron chi connectivity index (χ2n) is 5.21. The molecule has 0 heterocycles. The van der Waals surface area contributed by atoms with E-state index in [-0.39, 0.29) is 16.9 Å². The molecule has 0 aliphatic heterocycles. The van der Waals surface area contributed by atoms with Crippen molar-refractivity contribution in [1.29, 1.82) is 0 Å². The van der Waals surface area contributed by atoms with Crippen LogP contribution in [0.1, 0.15) is 43.2 Å². The van der Waals surface area contributed by atoms with Crippen molar-refractivity contribution in [1.82, 2.24) is 0 Å². The summed E-state index contributed by atoms with van der Waals surface area (Å²) in [6.45, 7) is 2.42. The van der Waals surface area contributed by atoms with E-state index in [0.717, 1.165) is 24.0 Å². The van der Waals surface area contributed by atoms with Crippen molar-refractivity contribution in [3.63, 3.8) is 0 Å². The molecule has 0 saturated heterocycles. The fourth-order valence-electron chi connectivity index (χ4n) is 2.91. The van der Waals surface area contributed by atoms with Gasteiger partial charge in [0.25, 0.3) is 0 Å². The molecule has 0 atom stereocenters. The van der Waals surface area contributed by atoms with E-state index in [2.05, 4.69) is 0 Å². The maximum Gasteiger partial charge on any atom is 0.160 e. The Morgan fingerprint density at radius 1 is 1.18 bits per heavy atom. The quantitative estimate of drug-likeness (QED) is 0.690. The minimum Gasteiger partial charge on any atom is -0.504 e. The second kappa shape index (κ2) is 4.57. The summed E-state index contributed by atoms with van der Waals surface area (Å²) in [4.78, 5) is 0. The molecule has 1 aliphatic rings. The molecule has 17 heavy (non-hydrogen) atoms. The fourth-order valence-corrected chi connectivity index (χ4v) is 2.91. The SMILES string of the molecule is Cc1cc(C2(CN)CCCCC2)cc(O)c1O. The lowest BCUT2D eigenvalue weighted by molar-refractivity contribution is 0.298. The predicted octanol–water partition coefficient (Wildman–Crippen LogP) is 2.57. The Labute approximate surface area is 102 Å². The third kappa shape index (κ3) is 2.12. The Morgan fingerprint density at radius 2 is 1.82 bits per heavy atom. The molecule has 3 heteroatoms. The summed E-state index contributed by atoms with van der Waals surface area (Å²) in [5.74, 6) is -0.0462. The molecular formula is C14H21NO2. The average molecular weight is 235 g/mol. The van der Waals surface area contributed by atoms with Crippen molar-refractivity contribution in [2.24, 2.45) is 5.73 Å². The van der Waals surface area contributed by atoms with Crippen molar-refractivity contribution >= 4 is 0 Å². The van der Waals surface area contributed by atoms with Gasteiger partial charge < -0.3 is 15.9 Å². The molecule has 0 unspecified atom stereocenters. The zero-order valence-electron chi connectivity index (χ0n) is 10.4. The second-order valence-corrected chi connectivity index (χ2v) is 5.21. The molecular weight excluding hydrogens is 214 g/mol. The van der Waals surface area contributed by atoms with Crippen molar-refractivity contribution in [2.75, 3.05) is 6.54 Å². The largest absolute Gasteiger partial charge is 0.504 e. The van der Waals surface area contributed by atoms with Gasteiger partial charge in [0.2, 0.25) is 0 Å². The number of hydrogen-bond acceptors (Lipinski definition) is 3. The van der Waals surface area contributed by atoms with E-state index in [0.29, 0.717) is 6.54 Å². The minimum atomic E-state index is -0.0293. The van der Waals surface area contributed by atoms with Crippen molar-refractivity contribution < 1.29 is 10.2 Å². The number of nitrogens with two attached hydrogens (primary N) is 1.